The zero-order chi connectivity index (χ0) is 21.5. The fraction of sp³-hybridized carbons (Fsp3) is 0.409. The van der Waals surface area contributed by atoms with Gasteiger partial charge in [-0.05, 0) is 43.2 Å². The molecule has 0 aromatic heterocycles. The molecule has 30 heavy (non-hydrogen) atoms. The lowest BCUT2D eigenvalue weighted by Crippen LogP contribution is -2.44. The van der Waals surface area contributed by atoms with Gasteiger partial charge >= 0.3 is 0 Å². The van der Waals surface area contributed by atoms with Crippen molar-refractivity contribution in [2.75, 3.05) is 38.8 Å². The molecule has 0 spiro atoms. The smallest absolute Gasteiger partial charge is 0.191 e. The first-order chi connectivity index (χ1) is 14.5. The van der Waals surface area contributed by atoms with Gasteiger partial charge < -0.3 is 25.0 Å². The molecule has 0 bridgehead atoms. The average Bonchev–Trinajstić information content (AvgIpc) is 3.19. The highest BCUT2D eigenvalue weighted by Gasteiger charge is 2.27. The molecule has 0 saturated carbocycles. The second kappa shape index (κ2) is 10.1. The zero-order valence-corrected chi connectivity index (χ0v) is 17.5. The average molecular weight is 418 g/mol. The molecule has 1 saturated heterocycles. The Kier molecular flexibility index (Phi) is 7.32. The summed E-state index contributed by atoms with van der Waals surface area (Å²) in [5.74, 6) is 0.908. The van der Waals surface area contributed by atoms with Gasteiger partial charge in [0.15, 0.2) is 17.5 Å². The molecular formula is C22H28F2N4O2. The van der Waals surface area contributed by atoms with Gasteiger partial charge in [-0.3, -0.25) is 0 Å². The van der Waals surface area contributed by atoms with Crippen LogP contribution in [-0.2, 0) is 6.54 Å². The molecule has 1 unspecified atom stereocenters. The van der Waals surface area contributed by atoms with Crippen molar-refractivity contribution in [3.8, 4) is 11.5 Å². The fourth-order valence-electron chi connectivity index (χ4n) is 3.54. The highest BCUT2D eigenvalue weighted by molar-refractivity contribution is 5.80. The molecule has 6 nitrogen and oxygen atoms in total. The first-order valence-corrected chi connectivity index (χ1v) is 10.0. The Morgan fingerprint density at radius 2 is 1.87 bits per heavy atom. The van der Waals surface area contributed by atoms with E-state index in [1.165, 1.54) is 18.2 Å². The van der Waals surface area contributed by atoms with Crippen molar-refractivity contribution in [1.29, 1.82) is 0 Å². The van der Waals surface area contributed by atoms with Gasteiger partial charge in [0.2, 0.25) is 0 Å². The third-order valence-corrected chi connectivity index (χ3v) is 4.99. The highest BCUT2D eigenvalue weighted by atomic mass is 19.1. The van der Waals surface area contributed by atoms with E-state index in [1.54, 1.807) is 19.1 Å². The van der Waals surface area contributed by atoms with Gasteiger partial charge in [0.05, 0.1) is 20.8 Å². The van der Waals surface area contributed by atoms with Crippen molar-refractivity contribution in [3.05, 3.63) is 53.6 Å². The van der Waals surface area contributed by atoms with Crippen molar-refractivity contribution >= 4 is 11.6 Å². The number of nitrogens with zero attached hydrogens (tertiary/aromatic N) is 2. The molecular weight excluding hydrogens is 390 g/mol. The molecule has 0 amide bonds. The second-order valence-electron chi connectivity index (χ2n) is 7.03. The van der Waals surface area contributed by atoms with Crippen molar-refractivity contribution in [3.63, 3.8) is 0 Å². The summed E-state index contributed by atoms with van der Waals surface area (Å²) in [4.78, 5) is 6.38. The van der Waals surface area contributed by atoms with E-state index in [9.17, 15) is 8.78 Å². The van der Waals surface area contributed by atoms with Gasteiger partial charge in [0.25, 0.3) is 0 Å². The highest BCUT2D eigenvalue weighted by Crippen LogP contribution is 2.28. The summed E-state index contributed by atoms with van der Waals surface area (Å²) in [5, 5.41) is 6.60. The lowest BCUT2D eigenvalue weighted by atomic mass is 10.2. The molecule has 2 N–H and O–H groups in total. The number of hydrogen-bond acceptors (Lipinski definition) is 4. The summed E-state index contributed by atoms with van der Waals surface area (Å²) in [6, 6.07) is 9.66. The van der Waals surface area contributed by atoms with E-state index in [4.69, 9.17) is 9.47 Å². The predicted molar refractivity (Wildman–Crippen MR) is 114 cm³/mol. The Balaban J connectivity index is 1.66. The van der Waals surface area contributed by atoms with Crippen LogP contribution in [0, 0.1) is 11.6 Å². The maximum atomic E-state index is 14.1. The fourth-order valence-corrected chi connectivity index (χ4v) is 3.54. The van der Waals surface area contributed by atoms with Crippen molar-refractivity contribution < 1.29 is 18.3 Å². The predicted octanol–water partition coefficient (Wildman–Crippen LogP) is 3.32. The zero-order valence-electron chi connectivity index (χ0n) is 17.5. The summed E-state index contributed by atoms with van der Waals surface area (Å²) in [6.45, 7) is 4.22. The molecule has 1 aliphatic rings. The SMILES string of the molecule is CCNC(=NCc1ccc(OC)c(OC)c1)NC1CCN(c2c(F)cccc2F)C1. The summed E-state index contributed by atoms with van der Waals surface area (Å²) >= 11 is 0. The van der Waals surface area contributed by atoms with Crippen LogP contribution >= 0.6 is 0 Å². The number of aliphatic imine (C=N–C) groups is 1. The molecule has 0 radical (unpaired) electrons. The van der Waals surface area contributed by atoms with Gasteiger partial charge in [-0.25, -0.2) is 13.8 Å². The van der Waals surface area contributed by atoms with E-state index in [0.29, 0.717) is 43.6 Å². The Morgan fingerprint density at radius 3 is 2.53 bits per heavy atom. The van der Waals surface area contributed by atoms with Gasteiger partial charge in [-0.1, -0.05) is 12.1 Å². The maximum absolute atomic E-state index is 14.1. The molecule has 8 heteroatoms. The number of methoxy groups -OCH3 is 2. The standard InChI is InChI=1S/C22H28F2N4O2/c1-4-25-22(26-13-15-8-9-19(29-2)20(12-15)30-3)27-16-10-11-28(14-16)21-17(23)6-5-7-18(21)24/h5-9,12,16H,4,10-11,13-14H2,1-3H3,(H2,25,26,27). The molecule has 1 heterocycles. The largest absolute Gasteiger partial charge is 0.493 e. The Bertz CT molecular complexity index is 871. The lowest BCUT2D eigenvalue weighted by molar-refractivity contribution is 0.354. The Labute approximate surface area is 175 Å². The summed E-state index contributed by atoms with van der Waals surface area (Å²) < 4.78 is 38.8. The van der Waals surface area contributed by atoms with Crippen LogP contribution in [0.4, 0.5) is 14.5 Å². The molecule has 3 rings (SSSR count). The molecule has 1 aliphatic heterocycles. The van der Waals surface area contributed by atoms with E-state index in [-0.39, 0.29) is 11.7 Å². The normalized spacial score (nSPS) is 16.5. The van der Waals surface area contributed by atoms with Crippen molar-refractivity contribution in [2.24, 2.45) is 4.99 Å². The minimum absolute atomic E-state index is 0.0345. The van der Waals surface area contributed by atoms with E-state index >= 15 is 0 Å². The van der Waals surface area contributed by atoms with Crippen LogP contribution in [0.2, 0.25) is 0 Å². The third-order valence-electron chi connectivity index (χ3n) is 4.99. The minimum Gasteiger partial charge on any atom is -0.493 e. The van der Waals surface area contributed by atoms with E-state index in [2.05, 4.69) is 15.6 Å². The number of nitrogens with one attached hydrogen (secondary N) is 2. The van der Waals surface area contributed by atoms with Crippen LogP contribution < -0.4 is 25.0 Å². The quantitative estimate of drug-likeness (QED) is 0.534. The van der Waals surface area contributed by atoms with Gasteiger partial charge in [-0.15, -0.1) is 0 Å². The lowest BCUT2D eigenvalue weighted by Gasteiger charge is -2.21. The summed E-state index contributed by atoms with van der Waals surface area (Å²) in [5.41, 5.74) is 1.01. The number of benzene rings is 2. The summed E-state index contributed by atoms with van der Waals surface area (Å²) in [7, 11) is 3.20. The van der Waals surface area contributed by atoms with Crippen LogP contribution in [0.5, 0.6) is 11.5 Å². The third kappa shape index (κ3) is 5.11. The van der Waals surface area contributed by atoms with Gasteiger partial charge in [-0.2, -0.15) is 0 Å². The Morgan fingerprint density at radius 1 is 1.13 bits per heavy atom. The number of halogens is 2. The number of ether oxygens (including phenoxy) is 2. The van der Waals surface area contributed by atoms with E-state index in [1.807, 2.05) is 25.1 Å². The van der Waals surface area contributed by atoms with E-state index < -0.39 is 11.6 Å². The minimum atomic E-state index is -0.537. The van der Waals surface area contributed by atoms with Crippen LogP contribution in [0.3, 0.4) is 0 Å². The van der Waals surface area contributed by atoms with Gasteiger partial charge in [0.1, 0.15) is 17.3 Å². The number of guanidine groups is 1. The van der Waals surface area contributed by atoms with Crippen LogP contribution in [-0.4, -0.2) is 45.9 Å². The molecule has 1 atom stereocenters. The van der Waals surface area contributed by atoms with Crippen molar-refractivity contribution in [1.82, 2.24) is 10.6 Å². The molecule has 0 aliphatic carbocycles. The maximum Gasteiger partial charge on any atom is 0.191 e. The van der Waals surface area contributed by atoms with Gasteiger partial charge in [0, 0.05) is 25.7 Å². The van der Waals surface area contributed by atoms with Crippen LogP contribution in [0.15, 0.2) is 41.4 Å². The second-order valence-corrected chi connectivity index (χ2v) is 7.03. The Hall–Kier alpha value is -3.03. The van der Waals surface area contributed by atoms with Crippen LogP contribution in [0.1, 0.15) is 18.9 Å². The topological polar surface area (TPSA) is 58.1 Å². The first kappa shape index (κ1) is 21.7. The number of anilines is 1. The molecule has 162 valence electrons. The van der Waals surface area contributed by atoms with Crippen LogP contribution in [0.25, 0.3) is 0 Å². The monoisotopic (exact) mass is 418 g/mol. The van der Waals surface area contributed by atoms with E-state index in [0.717, 1.165) is 12.0 Å². The summed E-state index contributed by atoms with van der Waals surface area (Å²) in [6.07, 6.45) is 0.758. The number of hydrogen-bond donors (Lipinski definition) is 2. The number of para-hydroxylation sites is 1. The number of rotatable bonds is 7. The molecule has 1 fully saturated rings. The molecule has 2 aromatic rings. The van der Waals surface area contributed by atoms with Crippen molar-refractivity contribution in [2.45, 2.75) is 25.9 Å². The first-order valence-electron chi connectivity index (χ1n) is 10.0. The molecule has 2 aromatic carbocycles.